The van der Waals surface area contributed by atoms with Crippen LogP contribution in [0.3, 0.4) is 0 Å². The molecule has 2 heterocycles. The molecular formula is C13H21N7O. The van der Waals surface area contributed by atoms with Gasteiger partial charge in [-0.2, -0.15) is 20.1 Å². The topological polar surface area (TPSA) is 89.8 Å². The van der Waals surface area contributed by atoms with Crippen LogP contribution in [-0.2, 0) is 13.6 Å². The Morgan fingerprint density at radius 2 is 1.90 bits per heavy atom. The summed E-state index contributed by atoms with van der Waals surface area (Å²) in [4.78, 5) is 12.7. The molecule has 0 amide bonds. The highest BCUT2D eigenvalue weighted by molar-refractivity contribution is 5.36. The van der Waals surface area contributed by atoms with Gasteiger partial charge < -0.3 is 15.4 Å². The summed E-state index contributed by atoms with van der Waals surface area (Å²) in [7, 11) is 1.88. The summed E-state index contributed by atoms with van der Waals surface area (Å²) in [6.45, 7) is 5.83. The van der Waals surface area contributed by atoms with Crippen LogP contribution in [0.5, 0.6) is 6.01 Å². The molecule has 2 N–H and O–H groups in total. The Labute approximate surface area is 124 Å². The van der Waals surface area contributed by atoms with Gasteiger partial charge in [-0.05, 0) is 19.4 Å². The van der Waals surface area contributed by atoms with Crippen LogP contribution in [0.2, 0.25) is 0 Å². The van der Waals surface area contributed by atoms with Crippen LogP contribution in [0.1, 0.15) is 26.0 Å². The molecule has 0 atom stereocenters. The van der Waals surface area contributed by atoms with Crippen LogP contribution < -0.4 is 15.4 Å². The normalized spacial score (nSPS) is 10.4. The third kappa shape index (κ3) is 4.59. The number of ether oxygens (including phenoxy) is 1. The lowest BCUT2D eigenvalue weighted by atomic mass is 10.4. The molecule has 0 fully saturated rings. The van der Waals surface area contributed by atoms with Crippen LogP contribution in [0, 0.1) is 0 Å². The van der Waals surface area contributed by atoms with E-state index in [1.807, 2.05) is 26.2 Å². The molecule has 0 saturated carbocycles. The zero-order valence-electron chi connectivity index (χ0n) is 12.6. The average molecular weight is 291 g/mol. The van der Waals surface area contributed by atoms with Crippen molar-refractivity contribution in [2.45, 2.75) is 26.8 Å². The molecular weight excluding hydrogens is 270 g/mol. The summed E-state index contributed by atoms with van der Waals surface area (Å²) < 4.78 is 7.12. The van der Waals surface area contributed by atoms with Gasteiger partial charge in [0.25, 0.3) is 0 Å². The van der Waals surface area contributed by atoms with Crippen molar-refractivity contribution in [3.8, 4) is 6.01 Å². The first-order valence-corrected chi connectivity index (χ1v) is 7.06. The summed E-state index contributed by atoms with van der Waals surface area (Å²) in [6.07, 6.45) is 2.89. The van der Waals surface area contributed by atoms with Gasteiger partial charge in [0.2, 0.25) is 11.9 Å². The first-order valence-electron chi connectivity index (χ1n) is 7.06. The molecule has 2 rings (SSSR count). The van der Waals surface area contributed by atoms with Gasteiger partial charge >= 0.3 is 6.01 Å². The second-order valence-corrected chi connectivity index (χ2v) is 4.46. The van der Waals surface area contributed by atoms with Gasteiger partial charge in [0.05, 0.1) is 18.8 Å². The summed E-state index contributed by atoms with van der Waals surface area (Å²) >= 11 is 0. The van der Waals surface area contributed by atoms with E-state index in [2.05, 4.69) is 37.6 Å². The second kappa shape index (κ2) is 7.41. The lowest BCUT2D eigenvalue weighted by Crippen LogP contribution is -2.11. The SMILES string of the molecule is CCCNc1nc(NCc2ccn(C)n2)nc(OCC)n1. The zero-order chi connectivity index (χ0) is 15.1. The Balaban J connectivity index is 2.07. The first kappa shape index (κ1) is 15.0. The maximum Gasteiger partial charge on any atom is 0.323 e. The van der Waals surface area contributed by atoms with Crippen LogP contribution >= 0.6 is 0 Å². The van der Waals surface area contributed by atoms with E-state index in [-0.39, 0.29) is 0 Å². The predicted molar refractivity (Wildman–Crippen MR) is 80.3 cm³/mol. The minimum Gasteiger partial charge on any atom is -0.464 e. The van der Waals surface area contributed by atoms with E-state index in [1.165, 1.54) is 0 Å². The molecule has 0 aliphatic rings. The molecule has 8 nitrogen and oxygen atoms in total. The standard InChI is InChI=1S/C13H21N7O/c1-4-7-14-11-16-12(18-13(17-11)21-5-2)15-9-10-6-8-20(3)19-10/h6,8H,4-5,7,9H2,1-3H3,(H2,14,15,16,17,18). The van der Waals surface area contributed by atoms with Gasteiger partial charge in [-0.15, -0.1) is 0 Å². The highest BCUT2D eigenvalue weighted by Crippen LogP contribution is 2.12. The summed E-state index contributed by atoms with van der Waals surface area (Å²) in [5, 5.41) is 10.6. The average Bonchev–Trinajstić information content (AvgIpc) is 2.89. The van der Waals surface area contributed by atoms with E-state index < -0.39 is 0 Å². The van der Waals surface area contributed by atoms with E-state index in [0.29, 0.717) is 31.1 Å². The molecule has 21 heavy (non-hydrogen) atoms. The number of hydrogen-bond acceptors (Lipinski definition) is 7. The maximum absolute atomic E-state index is 5.36. The quantitative estimate of drug-likeness (QED) is 0.760. The van der Waals surface area contributed by atoms with Crippen molar-refractivity contribution in [1.82, 2.24) is 24.7 Å². The van der Waals surface area contributed by atoms with E-state index in [1.54, 1.807) is 4.68 Å². The molecule has 2 aromatic heterocycles. The van der Waals surface area contributed by atoms with Crippen molar-refractivity contribution < 1.29 is 4.74 Å². The smallest absolute Gasteiger partial charge is 0.323 e. The number of aryl methyl sites for hydroxylation is 1. The summed E-state index contributed by atoms with van der Waals surface area (Å²) in [6, 6.07) is 2.25. The maximum atomic E-state index is 5.36. The molecule has 2 aromatic rings. The lowest BCUT2D eigenvalue weighted by Gasteiger charge is -2.09. The van der Waals surface area contributed by atoms with Crippen molar-refractivity contribution in [3.05, 3.63) is 18.0 Å². The fourth-order valence-corrected chi connectivity index (χ4v) is 1.67. The van der Waals surface area contributed by atoms with Crippen LogP contribution in [0.4, 0.5) is 11.9 Å². The third-order valence-electron chi connectivity index (χ3n) is 2.62. The van der Waals surface area contributed by atoms with Gasteiger partial charge in [-0.3, -0.25) is 4.68 Å². The Hall–Kier alpha value is -2.38. The first-order chi connectivity index (χ1) is 10.2. The molecule has 0 aliphatic heterocycles. The minimum absolute atomic E-state index is 0.314. The molecule has 114 valence electrons. The van der Waals surface area contributed by atoms with Gasteiger partial charge in [0, 0.05) is 19.8 Å². The molecule has 0 unspecified atom stereocenters. The fraction of sp³-hybridized carbons (Fsp3) is 0.538. The van der Waals surface area contributed by atoms with Crippen molar-refractivity contribution in [1.29, 1.82) is 0 Å². The van der Waals surface area contributed by atoms with Crippen LogP contribution in [0.15, 0.2) is 12.3 Å². The van der Waals surface area contributed by atoms with Crippen LogP contribution in [0.25, 0.3) is 0 Å². The Bertz CT molecular complexity index is 569. The number of anilines is 2. The molecule has 0 radical (unpaired) electrons. The van der Waals surface area contributed by atoms with E-state index in [4.69, 9.17) is 4.74 Å². The minimum atomic E-state index is 0.314. The van der Waals surface area contributed by atoms with Crippen molar-refractivity contribution >= 4 is 11.9 Å². The number of nitrogens with zero attached hydrogens (tertiary/aromatic N) is 5. The fourth-order valence-electron chi connectivity index (χ4n) is 1.67. The Morgan fingerprint density at radius 1 is 1.14 bits per heavy atom. The molecule has 0 aliphatic carbocycles. The summed E-state index contributed by atoms with van der Waals surface area (Å²) in [5.74, 6) is 0.983. The van der Waals surface area contributed by atoms with E-state index in [9.17, 15) is 0 Å². The van der Waals surface area contributed by atoms with Crippen molar-refractivity contribution in [3.63, 3.8) is 0 Å². The summed E-state index contributed by atoms with van der Waals surface area (Å²) in [5.41, 5.74) is 0.916. The van der Waals surface area contributed by atoms with E-state index in [0.717, 1.165) is 18.7 Å². The number of hydrogen-bond donors (Lipinski definition) is 2. The lowest BCUT2D eigenvalue weighted by molar-refractivity contribution is 0.312. The Morgan fingerprint density at radius 3 is 2.52 bits per heavy atom. The number of aromatic nitrogens is 5. The second-order valence-electron chi connectivity index (χ2n) is 4.46. The zero-order valence-corrected chi connectivity index (χ0v) is 12.6. The number of rotatable bonds is 8. The molecule has 8 heteroatoms. The van der Waals surface area contributed by atoms with Crippen LogP contribution in [-0.4, -0.2) is 37.9 Å². The predicted octanol–water partition coefficient (Wildman–Crippen LogP) is 1.44. The number of nitrogens with one attached hydrogen (secondary N) is 2. The molecule has 0 bridgehead atoms. The molecule has 0 aromatic carbocycles. The van der Waals surface area contributed by atoms with Crippen molar-refractivity contribution in [2.24, 2.45) is 7.05 Å². The van der Waals surface area contributed by atoms with E-state index >= 15 is 0 Å². The highest BCUT2D eigenvalue weighted by Gasteiger charge is 2.07. The molecule has 0 spiro atoms. The van der Waals surface area contributed by atoms with Crippen molar-refractivity contribution in [2.75, 3.05) is 23.8 Å². The van der Waals surface area contributed by atoms with Gasteiger partial charge in [-0.25, -0.2) is 0 Å². The van der Waals surface area contributed by atoms with Gasteiger partial charge in [0.1, 0.15) is 0 Å². The Kier molecular flexibility index (Phi) is 5.30. The third-order valence-corrected chi connectivity index (χ3v) is 2.62. The molecule has 0 saturated heterocycles. The highest BCUT2D eigenvalue weighted by atomic mass is 16.5. The largest absolute Gasteiger partial charge is 0.464 e. The van der Waals surface area contributed by atoms with Gasteiger partial charge in [-0.1, -0.05) is 6.92 Å². The van der Waals surface area contributed by atoms with Gasteiger partial charge in [0.15, 0.2) is 0 Å². The monoisotopic (exact) mass is 291 g/mol.